The van der Waals surface area contributed by atoms with Crippen molar-refractivity contribution in [3.63, 3.8) is 0 Å². The largest absolute Gasteiger partial charge is 0.444 e. The number of pyridine rings is 1. The highest BCUT2D eigenvalue weighted by molar-refractivity contribution is 5.68. The first kappa shape index (κ1) is 22.7. The van der Waals surface area contributed by atoms with Crippen molar-refractivity contribution in [3.05, 3.63) is 48.7 Å². The summed E-state index contributed by atoms with van der Waals surface area (Å²) in [6.07, 6.45) is 4.51. The molecule has 0 saturated carbocycles. The van der Waals surface area contributed by atoms with Crippen molar-refractivity contribution < 1.29 is 14.3 Å². The minimum absolute atomic E-state index is 0.340. The molecule has 1 aliphatic heterocycles. The van der Waals surface area contributed by atoms with E-state index in [2.05, 4.69) is 30.6 Å². The van der Waals surface area contributed by atoms with E-state index in [1.54, 1.807) is 22.0 Å². The fourth-order valence-corrected chi connectivity index (χ4v) is 3.78. The van der Waals surface area contributed by atoms with Gasteiger partial charge in [-0.05, 0) is 39.0 Å². The molecule has 12 heteroatoms. The number of hydrogen-bond donors (Lipinski definition) is 1. The van der Waals surface area contributed by atoms with Crippen molar-refractivity contribution in [1.29, 1.82) is 0 Å². The van der Waals surface area contributed by atoms with Gasteiger partial charge in [0.05, 0.1) is 25.0 Å². The maximum absolute atomic E-state index is 12.5. The van der Waals surface area contributed by atoms with Gasteiger partial charge in [0.1, 0.15) is 17.5 Å². The number of morpholine rings is 1. The van der Waals surface area contributed by atoms with Gasteiger partial charge in [-0.25, -0.2) is 14.8 Å². The number of hydrogen-bond acceptors (Lipinski definition) is 9. The van der Waals surface area contributed by atoms with Gasteiger partial charge < -0.3 is 19.7 Å². The van der Waals surface area contributed by atoms with Crippen LogP contribution in [0.15, 0.2) is 42.9 Å². The summed E-state index contributed by atoms with van der Waals surface area (Å²) < 4.78 is 15.0. The lowest BCUT2D eigenvalue weighted by Crippen LogP contribution is -2.45. The van der Waals surface area contributed by atoms with Crippen LogP contribution in [0.5, 0.6) is 0 Å². The van der Waals surface area contributed by atoms with Crippen LogP contribution in [0.3, 0.4) is 0 Å². The second-order valence-corrected chi connectivity index (χ2v) is 9.22. The highest BCUT2D eigenvalue weighted by Gasteiger charge is 2.31. The molecule has 4 aromatic heterocycles. The first-order valence-electron chi connectivity index (χ1n) is 11.3. The standard InChI is InChI=1S/C23H27N9O3/c1-23(2,3)35-22(33)31-11-12-34-17(14-31)20-29-28-19-13-15(7-10-32(19)20)16-5-8-24-21(26-16)27-18-6-9-25-30(18)4/h5-10,13,17H,11-12,14H2,1-4H3,(H,24,26,27). The Bertz CT molecular complexity index is 1360. The van der Waals surface area contributed by atoms with Crippen molar-refractivity contribution in [3.8, 4) is 11.3 Å². The summed E-state index contributed by atoms with van der Waals surface area (Å²) in [5.74, 6) is 1.87. The Morgan fingerprint density at radius 2 is 2.06 bits per heavy atom. The van der Waals surface area contributed by atoms with Crippen LogP contribution in [0, 0.1) is 0 Å². The van der Waals surface area contributed by atoms with Crippen LogP contribution < -0.4 is 5.32 Å². The number of aryl methyl sites for hydroxylation is 1. The van der Waals surface area contributed by atoms with E-state index in [9.17, 15) is 4.79 Å². The first-order chi connectivity index (χ1) is 16.8. The topological polar surface area (TPSA) is 125 Å². The molecular formula is C23H27N9O3. The lowest BCUT2D eigenvalue weighted by Gasteiger charge is -2.33. The number of carbonyl (C=O) groups is 1. The number of ether oxygens (including phenoxy) is 2. The molecule has 182 valence electrons. The van der Waals surface area contributed by atoms with E-state index in [4.69, 9.17) is 9.47 Å². The number of amides is 1. The van der Waals surface area contributed by atoms with E-state index >= 15 is 0 Å². The molecule has 0 radical (unpaired) electrons. The molecule has 5 heterocycles. The number of nitrogens with zero attached hydrogens (tertiary/aromatic N) is 8. The summed E-state index contributed by atoms with van der Waals surface area (Å²) in [5, 5.41) is 16.0. The van der Waals surface area contributed by atoms with Crippen molar-refractivity contribution in [1.82, 2.24) is 39.2 Å². The Labute approximate surface area is 201 Å². The highest BCUT2D eigenvalue weighted by Crippen LogP contribution is 2.25. The van der Waals surface area contributed by atoms with Gasteiger partial charge >= 0.3 is 6.09 Å². The average Bonchev–Trinajstić information content (AvgIpc) is 3.44. The van der Waals surface area contributed by atoms with Crippen molar-refractivity contribution in [2.75, 3.05) is 25.0 Å². The molecule has 1 aliphatic rings. The number of carbonyl (C=O) groups excluding carboxylic acids is 1. The van der Waals surface area contributed by atoms with E-state index in [1.807, 2.05) is 62.7 Å². The molecule has 0 aromatic carbocycles. The van der Waals surface area contributed by atoms with Gasteiger partial charge in [-0.2, -0.15) is 5.10 Å². The molecule has 12 nitrogen and oxygen atoms in total. The van der Waals surface area contributed by atoms with E-state index in [0.717, 1.165) is 17.1 Å². The summed E-state index contributed by atoms with van der Waals surface area (Å²) >= 11 is 0. The highest BCUT2D eigenvalue weighted by atomic mass is 16.6. The number of rotatable bonds is 4. The monoisotopic (exact) mass is 477 g/mol. The zero-order chi connectivity index (χ0) is 24.6. The predicted molar refractivity (Wildman–Crippen MR) is 127 cm³/mol. The molecule has 4 aromatic rings. The maximum Gasteiger partial charge on any atom is 0.410 e. The fraction of sp³-hybridized carbons (Fsp3) is 0.391. The lowest BCUT2D eigenvalue weighted by molar-refractivity contribution is -0.0465. The predicted octanol–water partition coefficient (Wildman–Crippen LogP) is 2.97. The number of aromatic nitrogens is 7. The summed E-state index contributed by atoms with van der Waals surface area (Å²) in [6.45, 7) is 6.75. The minimum Gasteiger partial charge on any atom is -0.444 e. The van der Waals surface area contributed by atoms with Crippen LogP contribution in [0.25, 0.3) is 16.9 Å². The summed E-state index contributed by atoms with van der Waals surface area (Å²) in [4.78, 5) is 23.1. The normalized spacial score (nSPS) is 16.5. The van der Waals surface area contributed by atoms with Crippen LogP contribution >= 0.6 is 0 Å². The SMILES string of the molecule is Cn1nccc1Nc1nccc(-c2ccn3c(C4CN(C(=O)OC(C)(C)C)CCO4)nnc3c2)n1. The molecular weight excluding hydrogens is 450 g/mol. The lowest BCUT2D eigenvalue weighted by atomic mass is 10.2. The van der Waals surface area contributed by atoms with Crippen LogP contribution in [-0.4, -0.2) is 70.6 Å². The van der Waals surface area contributed by atoms with Crippen molar-refractivity contribution in [2.45, 2.75) is 32.5 Å². The zero-order valence-corrected chi connectivity index (χ0v) is 20.0. The second-order valence-electron chi connectivity index (χ2n) is 9.22. The quantitative estimate of drug-likeness (QED) is 0.472. The van der Waals surface area contributed by atoms with Gasteiger partial charge in [-0.1, -0.05) is 0 Å². The van der Waals surface area contributed by atoms with Gasteiger partial charge in [0.25, 0.3) is 0 Å². The Balaban J connectivity index is 1.36. The van der Waals surface area contributed by atoms with Gasteiger partial charge in [-0.3, -0.25) is 9.08 Å². The third-order valence-electron chi connectivity index (χ3n) is 5.45. The third-order valence-corrected chi connectivity index (χ3v) is 5.45. The Hall–Kier alpha value is -4.06. The third kappa shape index (κ3) is 4.92. The van der Waals surface area contributed by atoms with Gasteiger partial charge in [0, 0.05) is 37.6 Å². The Morgan fingerprint density at radius 1 is 1.20 bits per heavy atom. The Morgan fingerprint density at radius 3 is 2.83 bits per heavy atom. The van der Waals surface area contributed by atoms with Crippen molar-refractivity contribution in [2.24, 2.45) is 7.05 Å². The number of anilines is 2. The molecule has 1 atom stereocenters. The van der Waals surface area contributed by atoms with Gasteiger partial charge in [0.2, 0.25) is 5.95 Å². The molecule has 1 unspecified atom stereocenters. The van der Waals surface area contributed by atoms with Crippen LogP contribution in [0.1, 0.15) is 32.7 Å². The van der Waals surface area contributed by atoms with E-state index in [-0.39, 0.29) is 6.09 Å². The molecule has 0 spiro atoms. The molecule has 1 fully saturated rings. The Kier molecular flexibility index (Phi) is 5.81. The summed E-state index contributed by atoms with van der Waals surface area (Å²) in [6, 6.07) is 7.52. The number of fused-ring (bicyclic) bond motifs is 1. The summed E-state index contributed by atoms with van der Waals surface area (Å²) in [5.41, 5.74) is 1.69. The van der Waals surface area contributed by atoms with Crippen LogP contribution in [-0.2, 0) is 16.5 Å². The summed E-state index contributed by atoms with van der Waals surface area (Å²) in [7, 11) is 1.84. The van der Waals surface area contributed by atoms with E-state index in [1.165, 1.54) is 0 Å². The molecule has 35 heavy (non-hydrogen) atoms. The van der Waals surface area contributed by atoms with Crippen molar-refractivity contribution >= 4 is 23.5 Å². The maximum atomic E-state index is 12.5. The van der Waals surface area contributed by atoms with Crippen LogP contribution in [0.4, 0.5) is 16.6 Å². The fourth-order valence-electron chi connectivity index (χ4n) is 3.78. The second kappa shape index (κ2) is 8.95. The molecule has 1 saturated heterocycles. The van der Waals surface area contributed by atoms with Gasteiger partial charge in [-0.15, -0.1) is 10.2 Å². The molecule has 5 rings (SSSR count). The smallest absolute Gasteiger partial charge is 0.410 e. The number of nitrogens with one attached hydrogen (secondary N) is 1. The molecule has 1 N–H and O–H groups in total. The molecule has 0 bridgehead atoms. The van der Waals surface area contributed by atoms with Gasteiger partial charge in [0.15, 0.2) is 11.5 Å². The average molecular weight is 478 g/mol. The molecule has 1 amide bonds. The van der Waals surface area contributed by atoms with E-state index < -0.39 is 11.7 Å². The minimum atomic E-state index is -0.559. The van der Waals surface area contributed by atoms with Crippen LogP contribution in [0.2, 0.25) is 0 Å². The van der Waals surface area contributed by atoms with E-state index in [0.29, 0.717) is 37.1 Å². The first-order valence-corrected chi connectivity index (χ1v) is 11.3. The molecule has 0 aliphatic carbocycles. The zero-order valence-electron chi connectivity index (χ0n) is 20.0.